The second kappa shape index (κ2) is 7.46. The quantitative estimate of drug-likeness (QED) is 0.730. The van der Waals surface area contributed by atoms with E-state index in [0.29, 0.717) is 0 Å². The van der Waals surface area contributed by atoms with Gasteiger partial charge in [0, 0.05) is 6.54 Å². The number of nitrogens with zero attached hydrogens (tertiary/aromatic N) is 1. The zero-order chi connectivity index (χ0) is 12.7. The molecule has 0 aliphatic heterocycles. The first-order valence-corrected chi connectivity index (χ1v) is 6.52. The molecule has 0 aromatic heterocycles. The van der Waals surface area contributed by atoms with Gasteiger partial charge in [-0.25, -0.2) is 0 Å². The Morgan fingerprint density at radius 3 is 2.29 bits per heavy atom. The standard InChI is InChI=1S/C15H26N2/c1-13-8-7-9-14(2)15(13)12-16-10-5-6-11-17(3)4/h7-9,16H,5-6,10-12H2,1-4H3. The molecular weight excluding hydrogens is 208 g/mol. The number of unbranched alkanes of at least 4 members (excludes halogenated alkanes) is 1. The Morgan fingerprint density at radius 1 is 1.06 bits per heavy atom. The molecule has 0 aliphatic carbocycles. The number of hydrogen-bond donors (Lipinski definition) is 1. The lowest BCUT2D eigenvalue weighted by Crippen LogP contribution is -2.18. The molecule has 1 aromatic carbocycles. The average Bonchev–Trinajstić information content (AvgIpc) is 2.26. The van der Waals surface area contributed by atoms with Crippen LogP contribution in [0, 0.1) is 13.8 Å². The molecule has 1 N–H and O–H groups in total. The molecule has 0 atom stereocenters. The van der Waals surface area contributed by atoms with Gasteiger partial charge in [0.05, 0.1) is 0 Å². The third kappa shape index (κ3) is 5.33. The second-order valence-electron chi connectivity index (χ2n) is 5.06. The van der Waals surface area contributed by atoms with E-state index in [9.17, 15) is 0 Å². The lowest BCUT2D eigenvalue weighted by atomic mass is 10.0. The highest BCUT2D eigenvalue weighted by Crippen LogP contribution is 2.12. The van der Waals surface area contributed by atoms with Crippen molar-refractivity contribution in [1.82, 2.24) is 10.2 Å². The molecule has 0 unspecified atom stereocenters. The van der Waals surface area contributed by atoms with Crippen LogP contribution in [0.1, 0.15) is 29.5 Å². The maximum absolute atomic E-state index is 3.54. The van der Waals surface area contributed by atoms with Crippen molar-refractivity contribution in [2.24, 2.45) is 0 Å². The van der Waals surface area contributed by atoms with Crippen molar-refractivity contribution in [2.45, 2.75) is 33.2 Å². The summed E-state index contributed by atoms with van der Waals surface area (Å²) in [5.41, 5.74) is 4.25. The Hall–Kier alpha value is -0.860. The zero-order valence-corrected chi connectivity index (χ0v) is 11.7. The van der Waals surface area contributed by atoms with Crippen molar-refractivity contribution in [3.05, 3.63) is 34.9 Å². The van der Waals surface area contributed by atoms with E-state index in [2.05, 4.69) is 56.4 Å². The second-order valence-corrected chi connectivity index (χ2v) is 5.06. The first kappa shape index (κ1) is 14.2. The normalized spacial score (nSPS) is 11.1. The van der Waals surface area contributed by atoms with E-state index in [1.54, 1.807) is 0 Å². The summed E-state index contributed by atoms with van der Waals surface area (Å²) >= 11 is 0. The van der Waals surface area contributed by atoms with Crippen molar-refractivity contribution >= 4 is 0 Å². The van der Waals surface area contributed by atoms with Gasteiger partial charge in [0.1, 0.15) is 0 Å². The van der Waals surface area contributed by atoms with Crippen LogP contribution in [0.25, 0.3) is 0 Å². The van der Waals surface area contributed by atoms with Crippen molar-refractivity contribution in [2.75, 3.05) is 27.2 Å². The van der Waals surface area contributed by atoms with Crippen LogP contribution in [0.15, 0.2) is 18.2 Å². The summed E-state index contributed by atoms with van der Waals surface area (Å²) in [5, 5.41) is 3.54. The molecule has 0 radical (unpaired) electrons. The summed E-state index contributed by atoms with van der Waals surface area (Å²) in [6, 6.07) is 6.51. The molecule has 0 spiro atoms. The summed E-state index contributed by atoms with van der Waals surface area (Å²) in [4.78, 5) is 2.24. The first-order valence-electron chi connectivity index (χ1n) is 6.52. The van der Waals surface area contributed by atoms with Gasteiger partial charge >= 0.3 is 0 Å². The van der Waals surface area contributed by atoms with Crippen LogP contribution in [0.3, 0.4) is 0 Å². The smallest absolute Gasteiger partial charge is 0.0210 e. The third-order valence-electron chi connectivity index (χ3n) is 3.16. The van der Waals surface area contributed by atoms with Crippen molar-refractivity contribution < 1.29 is 0 Å². The van der Waals surface area contributed by atoms with Gasteiger partial charge in [-0.2, -0.15) is 0 Å². The highest BCUT2D eigenvalue weighted by Gasteiger charge is 2.00. The van der Waals surface area contributed by atoms with E-state index in [1.807, 2.05) is 0 Å². The predicted octanol–water partition coefficient (Wildman–Crippen LogP) is 2.73. The molecule has 0 aliphatic rings. The largest absolute Gasteiger partial charge is 0.313 e. The molecule has 96 valence electrons. The number of benzene rings is 1. The molecule has 0 saturated carbocycles. The average molecular weight is 234 g/mol. The highest BCUT2D eigenvalue weighted by molar-refractivity contribution is 5.33. The SMILES string of the molecule is Cc1cccc(C)c1CNCCCCN(C)C. The van der Waals surface area contributed by atoms with Crippen LogP contribution in [0.4, 0.5) is 0 Å². The van der Waals surface area contributed by atoms with E-state index in [0.717, 1.165) is 13.1 Å². The van der Waals surface area contributed by atoms with Gasteiger partial charge in [0.25, 0.3) is 0 Å². The fourth-order valence-corrected chi connectivity index (χ4v) is 2.02. The molecule has 0 bridgehead atoms. The molecule has 0 heterocycles. The molecule has 1 rings (SSSR count). The van der Waals surface area contributed by atoms with Gasteiger partial charge in [-0.3, -0.25) is 0 Å². The van der Waals surface area contributed by atoms with Crippen molar-refractivity contribution in [3.63, 3.8) is 0 Å². The highest BCUT2D eigenvalue weighted by atomic mass is 15.0. The molecule has 0 fully saturated rings. The topological polar surface area (TPSA) is 15.3 Å². The van der Waals surface area contributed by atoms with Gasteiger partial charge in [-0.1, -0.05) is 18.2 Å². The Morgan fingerprint density at radius 2 is 1.71 bits per heavy atom. The Kier molecular flexibility index (Phi) is 6.23. The molecule has 17 heavy (non-hydrogen) atoms. The van der Waals surface area contributed by atoms with E-state index in [1.165, 1.54) is 36.1 Å². The minimum atomic E-state index is 1.00. The summed E-state index contributed by atoms with van der Waals surface area (Å²) in [6.07, 6.45) is 2.52. The minimum absolute atomic E-state index is 1.00. The molecule has 2 nitrogen and oxygen atoms in total. The maximum Gasteiger partial charge on any atom is 0.0210 e. The van der Waals surface area contributed by atoms with Crippen LogP contribution in [0.2, 0.25) is 0 Å². The van der Waals surface area contributed by atoms with Crippen LogP contribution in [-0.2, 0) is 6.54 Å². The van der Waals surface area contributed by atoms with Crippen LogP contribution in [-0.4, -0.2) is 32.1 Å². The fraction of sp³-hybridized carbons (Fsp3) is 0.600. The van der Waals surface area contributed by atoms with E-state index in [-0.39, 0.29) is 0 Å². The minimum Gasteiger partial charge on any atom is -0.313 e. The summed E-state index contributed by atoms with van der Waals surface area (Å²) in [7, 11) is 4.26. The van der Waals surface area contributed by atoms with Gasteiger partial charge < -0.3 is 10.2 Å². The molecule has 1 aromatic rings. The number of nitrogens with one attached hydrogen (secondary N) is 1. The maximum atomic E-state index is 3.54. The van der Waals surface area contributed by atoms with Gasteiger partial charge in [0.2, 0.25) is 0 Å². The van der Waals surface area contributed by atoms with E-state index >= 15 is 0 Å². The van der Waals surface area contributed by atoms with Crippen LogP contribution in [0.5, 0.6) is 0 Å². The lowest BCUT2D eigenvalue weighted by Gasteiger charge is -2.12. The number of hydrogen-bond acceptors (Lipinski definition) is 2. The summed E-state index contributed by atoms with van der Waals surface area (Å²) in [6.45, 7) is 7.68. The predicted molar refractivity (Wildman–Crippen MR) is 75.4 cm³/mol. The Labute approximate surface area is 106 Å². The molecular formula is C15H26N2. The van der Waals surface area contributed by atoms with Gasteiger partial charge in [0.15, 0.2) is 0 Å². The molecule has 0 saturated heterocycles. The van der Waals surface area contributed by atoms with Gasteiger partial charge in [-0.05, 0) is 70.6 Å². The summed E-state index contributed by atoms with van der Waals surface area (Å²) in [5.74, 6) is 0. The van der Waals surface area contributed by atoms with Crippen LogP contribution < -0.4 is 5.32 Å². The third-order valence-corrected chi connectivity index (χ3v) is 3.16. The number of aryl methyl sites for hydroxylation is 2. The zero-order valence-electron chi connectivity index (χ0n) is 11.7. The van der Waals surface area contributed by atoms with Gasteiger partial charge in [-0.15, -0.1) is 0 Å². The van der Waals surface area contributed by atoms with E-state index in [4.69, 9.17) is 0 Å². The number of rotatable bonds is 7. The summed E-state index contributed by atoms with van der Waals surface area (Å²) < 4.78 is 0. The Bertz CT molecular complexity index is 311. The first-order chi connectivity index (χ1) is 8.11. The van der Waals surface area contributed by atoms with Crippen LogP contribution >= 0.6 is 0 Å². The Balaban J connectivity index is 2.22. The van der Waals surface area contributed by atoms with Crippen molar-refractivity contribution in [1.29, 1.82) is 0 Å². The molecule has 2 heteroatoms. The monoisotopic (exact) mass is 234 g/mol. The van der Waals surface area contributed by atoms with Crippen molar-refractivity contribution in [3.8, 4) is 0 Å². The van der Waals surface area contributed by atoms with E-state index < -0.39 is 0 Å². The molecule has 0 amide bonds. The lowest BCUT2D eigenvalue weighted by molar-refractivity contribution is 0.391. The fourth-order valence-electron chi connectivity index (χ4n) is 2.02.